The van der Waals surface area contributed by atoms with Gasteiger partial charge in [-0.05, 0) is 37.1 Å². The lowest BCUT2D eigenvalue weighted by Crippen LogP contribution is -2.36. The minimum absolute atomic E-state index is 0.516. The van der Waals surface area contributed by atoms with E-state index in [0.717, 1.165) is 45.0 Å². The monoisotopic (exact) mass is 299 g/mol. The van der Waals surface area contributed by atoms with E-state index in [0.29, 0.717) is 5.88 Å². The number of rotatable bonds is 6. The zero-order chi connectivity index (χ0) is 15.0. The third-order valence-electron chi connectivity index (χ3n) is 3.73. The molecule has 1 saturated heterocycles. The van der Waals surface area contributed by atoms with E-state index in [1.165, 1.54) is 12.0 Å². The first-order chi connectivity index (χ1) is 10.9. The molecule has 1 aliphatic heterocycles. The van der Waals surface area contributed by atoms with Crippen molar-refractivity contribution in [1.82, 2.24) is 14.9 Å². The molecule has 3 rings (SSSR count). The first-order valence-electron chi connectivity index (χ1n) is 7.73. The van der Waals surface area contributed by atoms with Crippen molar-refractivity contribution in [2.45, 2.75) is 12.8 Å². The molecule has 0 amide bonds. The Morgan fingerprint density at radius 3 is 2.64 bits per heavy atom. The van der Waals surface area contributed by atoms with Gasteiger partial charge in [-0.2, -0.15) is 0 Å². The van der Waals surface area contributed by atoms with Gasteiger partial charge in [0.15, 0.2) is 0 Å². The third kappa shape index (κ3) is 4.51. The van der Waals surface area contributed by atoms with Gasteiger partial charge in [0, 0.05) is 25.5 Å². The summed E-state index contributed by atoms with van der Waals surface area (Å²) in [6, 6.07) is 8.20. The average molecular weight is 299 g/mol. The van der Waals surface area contributed by atoms with E-state index in [1.807, 2.05) is 12.1 Å². The topological polar surface area (TPSA) is 47.5 Å². The highest BCUT2D eigenvalue weighted by Crippen LogP contribution is 2.19. The van der Waals surface area contributed by atoms with Crippen LogP contribution in [0.4, 0.5) is 0 Å². The minimum Gasteiger partial charge on any atom is -0.438 e. The lowest BCUT2D eigenvalue weighted by molar-refractivity contribution is 0.0374. The Bertz CT molecular complexity index is 554. The Labute approximate surface area is 130 Å². The number of nitrogens with zero attached hydrogens (tertiary/aromatic N) is 3. The maximum atomic E-state index is 5.64. The largest absolute Gasteiger partial charge is 0.438 e. The summed E-state index contributed by atoms with van der Waals surface area (Å²) in [6.45, 7) is 5.00. The fraction of sp³-hybridized carbons (Fsp3) is 0.412. The van der Waals surface area contributed by atoms with Gasteiger partial charge in [0.25, 0.3) is 0 Å². The van der Waals surface area contributed by atoms with Crippen LogP contribution >= 0.6 is 0 Å². The minimum atomic E-state index is 0.516. The number of aromatic nitrogens is 2. The summed E-state index contributed by atoms with van der Waals surface area (Å²) >= 11 is 0. The second-order valence-electron chi connectivity index (χ2n) is 5.35. The molecule has 0 atom stereocenters. The van der Waals surface area contributed by atoms with Crippen molar-refractivity contribution in [1.29, 1.82) is 0 Å². The Balaban J connectivity index is 1.45. The second-order valence-corrected chi connectivity index (χ2v) is 5.35. The van der Waals surface area contributed by atoms with Gasteiger partial charge < -0.3 is 9.47 Å². The number of morpholine rings is 1. The molecule has 22 heavy (non-hydrogen) atoms. The van der Waals surface area contributed by atoms with E-state index in [9.17, 15) is 0 Å². The fourth-order valence-corrected chi connectivity index (χ4v) is 2.51. The van der Waals surface area contributed by atoms with Crippen LogP contribution in [0.5, 0.6) is 11.6 Å². The molecule has 1 fully saturated rings. The second kappa shape index (κ2) is 7.87. The standard InChI is InChI=1S/C17H21N3O2/c1(9-20-10-12-21-13-11-20)2-15-3-5-16(6-4-15)22-17-14-18-7-8-19-17/h3-8,14H,1-2,9-13H2. The highest BCUT2D eigenvalue weighted by molar-refractivity contribution is 5.29. The van der Waals surface area contributed by atoms with Crippen molar-refractivity contribution in [3.05, 3.63) is 48.4 Å². The van der Waals surface area contributed by atoms with Gasteiger partial charge in [-0.1, -0.05) is 12.1 Å². The smallest absolute Gasteiger partial charge is 0.237 e. The van der Waals surface area contributed by atoms with Crippen LogP contribution in [0.1, 0.15) is 12.0 Å². The van der Waals surface area contributed by atoms with E-state index in [1.54, 1.807) is 18.6 Å². The predicted molar refractivity (Wildman–Crippen MR) is 84.1 cm³/mol. The summed E-state index contributed by atoms with van der Waals surface area (Å²) in [6.07, 6.45) is 7.11. The van der Waals surface area contributed by atoms with Crippen molar-refractivity contribution in [3.63, 3.8) is 0 Å². The average Bonchev–Trinajstić information content (AvgIpc) is 2.58. The van der Waals surface area contributed by atoms with E-state index in [4.69, 9.17) is 9.47 Å². The Hall–Kier alpha value is -1.98. The molecule has 0 unspecified atom stereocenters. The van der Waals surface area contributed by atoms with E-state index >= 15 is 0 Å². The molecule has 0 saturated carbocycles. The normalized spacial score (nSPS) is 15.6. The van der Waals surface area contributed by atoms with Gasteiger partial charge in [0.1, 0.15) is 5.75 Å². The van der Waals surface area contributed by atoms with Crippen LogP contribution in [-0.4, -0.2) is 47.7 Å². The molecule has 1 aromatic carbocycles. The lowest BCUT2D eigenvalue weighted by atomic mass is 10.1. The maximum Gasteiger partial charge on any atom is 0.237 e. The SMILES string of the molecule is c1cnc(Oc2ccc(CCCN3CCOCC3)cc2)cn1. The fourth-order valence-electron chi connectivity index (χ4n) is 2.51. The highest BCUT2D eigenvalue weighted by atomic mass is 16.5. The first kappa shape index (κ1) is 14.9. The molecule has 1 aliphatic rings. The van der Waals surface area contributed by atoms with Gasteiger partial charge in [0.2, 0.25) is 5.88 Å². The van der Waals surface area contributed by atoms with Crippen molar-refractivity contribution >= 4 is 0 Å². The highest BCUT2D eigenvalue weighted by Gasteiger charge is 2.09. The van der Waals surface area contributed by atoms with Crippen LogP contribution in [0.3, 0.4) is 0 Å². The van der Waals surface area contributed by atoms with Crippen molar-refractivity contribution < 1.29 is 9.47 Å². The summed E-state index contributed by atoms with van der Waals surface area (Å²) < 4.78 is 11.0. The molecule has 116 valence electrons. The lowest BCUT2D eigenvalue weighted by Gasteiger charge is -2.26. The molecule has 2 heterocycles. The Morgan fingerprint density at radius 1 is 1.09 bits per heavy atom. The molecular formula is C17H21N3O2. The predicted octanol–water partition coefficient (Wildman–Crippen LogP) is 2.53. The zero-order valence-corrected chi connectivity index (χ0v) is 12.6. The van der Waals surface area contributed by atoms with Crippen molar-refractivity contribution in [2.75, 3.05) is 32.8 Å². The maximum absolute atomic E-state index is 5.64. The van der Waals surface area contributed by atoms with Crippen molar-refractivity contribution in [2.24, 2.45) is 0 Å². The molecule has 0 aliphatic carbocycles. The van der Waals surface area contributed by atoms with E-state index in [2.05, 4.69) is 27.0 Å². The number of aryl methyl sites for hydroxylation is 1. The molecule has 5 nitrogen and oxygen atoms in total. The number of ether oxygens (including phenoxy) is 2. The molecule has 0 radical (unpaired) electrons. The van der Waals surface area contributed by atoms with E-state index in [-0.39, 0.29) is 0 Å². The quantitative estimate of drug-likeness (QED) is 0.820. The van der Waals surface area contributed by atoms with Crippen LogP contribution in [0.2, 0.25) is 0 Å². The molecule has 2 aromatic rings. The van der Waals surface area contributed by atoms with Crippen LogP contribution in [-0.2, 0) is 11.2 Å². The van der Waals surface area contributed by atoms with Gasteiger partial charge in [-0.15, -0.1) is 0 Å². The van der Waals surface area contributed by atoms with Gasteiger partial charge >= 0.3 is 0 Å². The summed E-state index contributed by atoms with van der Waals surface area (Å²) in [5, 5.41) is 0. The van der Waals surface area contributed by atoms with Crippen LogP contribution in [0, 0.1) is 0 Å². The summed E-state index contributed by atoms with van der Waals surface area (Å²) in [5.41, 5.74) is 1.33. The molecule has 0 bridgehead atoms. The Morgan fingerprint density at radius 2 is 1.91 bits per heavy atom. The van der Waals surface area contributed by atoms with Crippen LogP contribution in [0.25, 0.3) is 0 Å². The van der Waals surface area contributed by atoms with Crippen LogP contribution < -0.4 is 4.74 Å². The van der Waals surface area contributed by atoms with Crippen LogP contribution in [0.15, 0.2) is 42.9 Å². The zero-order valence-electron chi connectivity index (χ0n) is 12.6. The van der Waals surface area contributed by atoms with Gasteiger partial charge in [-0.25, -0.2) is 4.98 Å². The summed E-state index contributed by atoms with van der Waals surface area (Å²) in [7, 11) is 0. The molecule has 0 N–H and O–H groups in total. The third-order valence-corrected chi connectivity index (χ3v) is 3.73. The van der Waals surface area contributed by atoms with Gasteiger partial charge in [0.05, 0.1) is 19.4 Å². The molecule has 1 aromatic heterocycles. The molecule has 0 spiro atoms. The van der Waals surface area contributed by atoms with Gasteiger partial charge in [-0.3, -0.25) is 9.88 Å². The number of hydrogen-bond donors (Lipinski definition) is 0. The number of hydrogen-bond acceptors (Lipinski definition) is 5. The first-order valence-corrected chi connectivity index (χ1v) is 7.73. The Kier molecular flexibility index (Phi) is 5.34. The van der Waals surface area contributed by atoms with E-state index < -0.39 is 0 Å². The summed E-state index contributed by atoms with van der Waals surface area (Å²) in [5.74, 6) is 1.31. The summed E-state index contributed by atoms with van der Waals surface area (Å²) in [4.78, 5) is 10.5. The number of benzene rings is 1. The molecule has 5 heteroatoms. The van der Waals surface area contributed by atoms with Crippen molar-refractivity contribution in [3.8, 4) is 11.6 Å². The molecular weight excluding hydrogens is 278 g/mol.